The van der Waals surface area contributed by atoms with Gasteiger partial charge in [0.2, 0.25) is 0 Å². The minimum absolute atomic E-state index is 0.740. The molecule has 5 heteroatoms. The Morgan fingerprint density at radius 1 is 1.31 bits per heavy atom. The maximum absolute atomic E-state index is 4.24. The van der Waals surface area contributed by atoms with Crippen LogP contribution in [0.5, 0.6) is 0 Å². The molecule has 1 N–H and O–H groups in total. The van der Waals surface area contributed by atoms with Crippen LogP contribution in [-0.4, -0.2) is 26.3 Å². The molecule has 0 saturated heterocycles. The van der Waals surface area contributed by atoms with Crippen molar-refractivity contribution in [3.63, 3.8) is 0 Å². The van der Waals surface area contributed by atoms with E-state index in [-0.39, 0.29) is 0 Å². The van der Waals surface area contributed by atoms with Gasteiger partial charge in [-0.3, -0.25) is 4.98 Å². The first-order valence-electron chi connectivity index (χ1n) is 5.41. The molecule has 0 unspecified atom stereocenters. The first-order valence-corrected chi connectivity index (χ1v) is 5.41. The molecular formula is C11H15N5. The van der Waals surface area contributed by atoms with E-state index in [2.05, 4.69) is 27.3 Å². The van der Waals surface area contributed by atoms with Crippen molar-refractivity contribution in [2.24, 2.45) is 0 Å². The summed E-state index contributed by atoms with van der Waals surface area (Å²) in [7, 11) is 0. The Labute approximate surface area is 94.5 Å². The van der Waals surface area contributed by atoms with Gasteiger partial charge in [-0.25, -0.2) is 9.67 Å². The SMILES string of the molecule is CCCNCc1cnn(-c2cnccn2)c1. The van der Waals surface area contributed by atoms with Gasteiger partial charge in [0.1, 0.15) is 0 Å². The molecule has 0 amide bonds. The van der Waals surface area contributed by atoms with Crippen LogP contribution in [0.1, 0.15) is 18.9 Å². The maximum atomic E-state index is 4.24. The Bertz CT molecular complexity index is 423. The predicted molar refractivity (Wildman–Crippen MR) is 61.2 cm³/mol. The highest BCUT2D eigenvalue weighted by Gasteiger charge is 2.00. The molecule has 0 bridgehead atoms. The average Bonchev–Trinajstić information content (AvgIpc) is 2.79. The van der Waals surface area contributed by atoms with Gasteiger partial charge < -0.3 is 5.32 Å². The first-order chi connectivity index (χ1) is 7.90. The summed E-state index contributed by atoms with van der Waals surface area (Å²) in [6.45, 7) is 4.01. The van der Waals surface area contributed by atoms with Crippen molar-refractivity contribution in [1.82, 2.24) is 25.1 Å². The summed E-state index contributed by atoms with van der Waals surface area (Å²) in [5.74, 6) is 0.740. The average molecular weight is 217 g/mol. The van der Waals surface area contributed by atoms with Gasteiger partial charge in [-0.1, -0.05) is 6.92 Å². The lowest BCUT2D eigenvalue weighted by molar-refractivity contribution is 0.675. The molecule has 0 saturated carbocycles. The molecule has 2 heterocycles. The Hall–Kier alpha value is -1.75. The molecule has 84 valence electrons. The number of rotatable bonds is 5. The summed E-state index contributed by atoms with van der Waals surface area (Å²) in [5, 5.41) is 7.57. The normalized spacial score (nSPS) is 10.6. The highest BCUT2D eigenvalue weighted by atomic mass is 15.3. The largest absolute Gasteiger partial charge is 0.313 e. The van der Waals surface area contributed by atoms with Gasteiger partial charge in [0.15, 0.2) is 5.82 Å². The topological polar surface area (TPSA) is 55.6 Å². The third-order valence-corrected chi connectivity index (χ3v) is 2.18. The standard InChI is InChI=1S/C11H15N5/c1-2-3-12-6-10-7-15-16(9-10)11-8-13-4-5-14-11/h4-5,7-9,12H,2-3,6H2,1H3. The highest BCUT2D eigenvalue weighted by Crippen LogP contribution is 2.03. The van der Waals surface area contributed by atoms with Crippen LogP contribution in [0.2, 0.25) is 0 Å². The number of nitrogens with zero attached hydrogens (tertiary/aromatic N) is 4. The van der Waals surface area contributed by atoms with Gasteiger partial charge in [-0.15, -0.1) is 0 Å². The van der Waals surface area contributed by atoms with E-state index in [9.17, 15) is 0 Å². The summed E-state index contributed by atoms with van der Waals surface area (Å²) in [6, 6.07) is 0. The van der Waals surface area contributed by atoms with Crippen molar-refractivity contribution in [3.8, 4) is 5.82 Å². The van der Waals surface area contributed by atoms with E-state index in [4.69, 9.17) is 0 Å². The van der Waals surface area contributed by atoms with E-state index in [1.807, 2.05) is 12.4 Å². The van der Waals surface area contributed by atoms with Crippen molar-refractivity contribution < 1.29 is 0 Å². The molecule has 2 aromatic heterocycles. The smallest absolute Gasteiger partial charge is 0.171 e. The Morgan fingerprint density at radius 3 is 3.00 bits per heavy atom. The van der Waals surface area contributed by atoms with Gasteiger partial charge in [-0.2, -0.15) is 5.10 Å². The third-order valence-electron chi connectivity index (χ3n) is 2.18. The molecule has 0 aliphatic carbocycles. The number of nitrogens with one attached hydrogen (secondary N) is 1. The molecule has 0 aliphatic heterocycles. The zero-order valence-electron chi connectivity index (χ0n) is 9.30. The lowest BCUT2D eigenvalue weighted by Crippen LogP contribution is -2.13. The summed E-state index contributed by atoms with van der Waals surface area (Å²) in [6.07, 6.45) is 9.95. The minimum atomic E-state index is 0.740. The molecule has 0 spiro atoms. The number of aromatic nitrogens is 4. The molecule has 2 rings (SSSR count). The second-order valence-corrected chi connectivity index (χ2v) is 3.53. The highest BCUT2D eigenvalue weighted by molar-refractivity contribution is 5.18. The molecule has 5 nitrogen and oxygen atoms in total. The van der Waals surface area contributed by atoms with Crippen molar-refractivity contribution in [2.75, 3.05) is 6.54 Å². The van der Waals surface area contributed by atoms with Crippen molar-refractivity contribution in [2.45, 2.75) is 19.9 Å². The molecule has 0 atom stereocenters. The van der Waals surface area contributed by atoms with Crippen LogP contribution in [0.4, 0.5) is 0 Å². The van der Waals surface area contributed by atoms with E-state index < -0.39 is 0 Å². The van der Waals surface area contributed by atoms with Crippen molar-refractivity contribution in [1.29, 1.82) is 0 Å². The molecule has 0 fully saturated rings. The zero-order chi connectivity index (χ0) is 11.2. The van der Waals surface area contributed by atoms with Gasteiger partial charge >= 0.3 is 0 Å². The van der Waals surface area contributed by atoms with Gasteiger partial charge in [0.05, 0.1) is 12.4 Å². The van der Waals surface area contributed by atoms with E-state index in [0.717, 1.165) is 30.9 Å². The Kier molecular flexibility index (Phi) is 3.61. The van der Waals surface area contributed by atoms with E-state index in [0.29, 0.717) is 0 Å². The molecule has 0 aliphatic rings. The van der Waals surface area contributed by atoms with Crippen molar-refractivity contribution in [3.05, 3.63) is 36.5 Å². The molecule has 0 radical (unpaired) electrons. The first kappa shape index (κ1) is 10.8. The summed E-state index contributed by atoms with van der Waals surface area (Å²) < 4.78 is 1.73. The van der Waals surface area contributed by atoms with Gasteiger partial charge in [0.25, 0.3) is 0 Å². The maximum Gasteiger partial charge on any atom is 0.171 e. The third kappa shape index (κ3) is 2.64. The summed E-state index contributed by atoms with van der Waals surface area (Å²) in [5.41, 5.74) is 1.15. The fraction of sp³-hybridized carbons (Fsp3) is 0.364. The van der Waals surface area contributed by atoms with E-state index in [1.165, 1.54) is 0 Å². The summed E-state index contributed by atoms with van der Waals surface area (Å²) >= 11 is 0. The monoisotopic (exact) mass is 217 g/mol. The minimum Gasteiger partial charge on any atom is -0.313 e. The second kappa shape index (κ2) is 5.37. The van der Waals surface area contributed by atoms with Gasteiger partial charge in [-0.05, 0) is 13.0 Å². The Morgan fingerprint density at radius 2 is 2.25 bits per heavy atom. The summed E-state index contributed by atoms with van der Waals surface area (Å²) in [4.78, 5) is 8.18. The van der Waals surface area contributed by atoms with Crippen LogP contribution in [0, 0.1) is 0 Å². The van der Waals surface area contributed by atoms with Crippen LogP contribution in [0.3, 0.4) is 0 Å². The van der Waals surface area contributed by atoms with Crippen molar-refractivity contribution >= 4 is 0 Å². The molecular weight excluding hydrogens is 202 g/mol. The quantitative estimate of drug-likeness (QED) is 0.764. The lowest BCUT2D eigenvalue weighted by Gasteiger charge is -1.99. The van der Waals surface area contributed by atoms with Crippen LogP contribution in [0.15, 0.2) is 31.0 Å². The molecule has 16 heavy (non-hydrogen) atoms. The lowest BCUT2D eigenvalue weighted by atomic mass is 10.3. The van der Waals surface area contributed by atoms with Gasteiger partial charge in [0, 0.05) is 30.7 Å². The fourth-order valence-corrected chi connectivity index (χ4v) is 1.40. The zero-order valence-corrected chi connectivity index (χ0v) is 9.30. The van der Waals surface area contributed by atoms with Crippen LogP contribution < -0.4 is 5.32 Å². The van der Waals surface area contributed by atoms with Crippen LogP contribution in [-0.2, 0) is 6.54 Å². The van der Waals surface area contributed by atoms with Crippen LogP contribution in [0.25, 0.3) is 5.82 Å². The second-order valence-electron chi connectivity index (χ2n) is 3.53. The van der Waals surface area contributed by atoms with E-state index >= 15 is 0 Å². The number of hydrogen-bond donors (Lipinski definition) is 1. The molecule has 2 aromatic rings. The number of hydrogen-bond acceptors (Lipinski definition) is 4. The Balaban J connectivity index is 2.02. The molecule has 0 aromatic carbocycles. The fourth-order valence-electron chi connectivity index (χ4n) is 1.40. The predicted octanol–water partition coefficient (Wildman–Crippen LogP) is 1.16. The van der Waals surface area contributed by atoms with E-state index in [1.54, 1.807) is 23.3 Å². The van der Waals surface area contributed by atoms with Crippen LogP contribution >= 0.6 is 0 Å².